The van der Waals surface area contributed by atoms with Crippen LogP contribution in [0.15, 0.2) is 79.1 Å². The van der Waals surface area contributed by atoms with E-state index in [0.717, 1.165) is 35.0 Å². The third kappa shape index (κ3) is 4.93. The molecule has 4 aromatic rings. The Morgan fingerprint density at radius 2 is 1.85 bits per heavy atom. The van der Waals surface area contributed by atoms with Crippen LogP contribution in [0, 0.1) is 0 Å². The van der Waals surface area contributed by atoms with Gasteiger partial charge in [0.05, 0.1) is 0 Å². The van der Waals surface area contributed by atoms with E-state index in [0.29, 0.717) is 31.1 Å². The van der Waals surface area contributed by atoms with Crippen LogP contribution in [-0.4, -0.2) is 39.8 Å². The summed E-state index contributed by atoms with van der Waals surface area (Å²) in [5.41, 5.74) is 3.78. The number of aromatic nitrogens is 2. The number of carbonyl (C=O) groups is 2. The first-order chi connectivity index (χ1) is 16.7. The van der Waals surface area contributed by atoms with Crippen LogP contribution in [0.25, 0.3) is 10.9 Å². The van der Waals surface area contributed by atoms with E-state index in [4.69, 9.17) is 4.74 Å². The number of nitrogens with zero attached hydrogens (tertiary/aromatic N) is 2. The lowest BCUT2D eigenvalue weighted by atomic mass is 9.94. The number of rotatable bonds is 5. The van der Waals surface area contributed by atoms with E-state index in [1.807, 2.05) is 30.3 Å². The molecule has 2 aromatic heterocycles. The monoisotopic (exact) mass is 454 g/mol. The zero-order valence-corrected chi connectivity index (χ0v) is 18.7. The van der Waals surface area contributed by atoms with Gasteiger partial charge in [-0.25, -0.2) is 0 Å². The van der Waals surface area contributed by atoms with Crippen LogP contribution in [0.1, 0.15) is 30.0 Å². The van der Waals surface area contributed by atoms with E-state index in [9.17, 15) is 9.59 Å². The molecule has 1 aliphatic rings. The number of ether oxygens (including phenoxy) is 1. The molecule has 1 aliphatic heterocycles. The smallest absolute Gasteiger partial charge is 0.313 e. The first kappa shape index (κ1) is 21.7. The van der Waals surface area contributed by atoms with Gasteiger partial charge in [0.15, 0.2) is 0 Å². The Kier molecular flexibility index (Phi) is 6.25. The summed E-state index contributed by atoms with van der Waals surface area (Å²) in [6.45, 7) is 1.55. The molecule has 0 aliphatic carbocycles. The summed E-state index contributed by atoms with van der Waals surface area (Å²) in [5.74, 6) is -0.255. The maximum Gasteiger partial charge on any atom is 0.313 e. The Hall–Kier alpha value is -4.13. The van der Waals surface area contributed by atoms with Crippen molar-refractivity contribution in [3.05, 3.63) is 90.4 Å². The van der Waals surface area contributed by atoms with Crippen molar-refractivity contribution in [3.63, 3.8) is 0 Å². The van der Waals surface area contributed by atoms with Gasteiger partial charge >= 0.3 is 11.8 Å². The number of piperidine rings is 1. The van der Waals surface area contributed by atoms with Gasteiger partial charge in [-0.3, -0.25) is 14.6 Å². The zero-order valence-electron chi connectivity index (χ0n) is 18.7. The number of aromatic amines is 1. The van der Waals surface area contributed by atoms with Gasteiger partial charge in [-0.15, -0.1) is 0 Å². The average molecular weight is 455 g/mol. The van der Waals surface area contributed by atoms with E-state index in [-0.39, 0.29) is 5.92 Å². The zero-order chi connectivity index (χ0) is 23.3. The fourth-order valence-corrected chi connectivity index (χ4v) is 4.34. The van der Waals surface area contributed by atoms with Crippen LogP contribution in [0.3, 0.4) is 0 Å². The molecular weight excluding hydrogens is 428 g/mol. The number of anilines is 1. The summed E-state index contributed by atoms with van der Waals surface area (Å²) in [6.07, 6.45) is 5.29. The molecule has 0 saturated carbocycles. The number of H-pyrrole nitrogens is 1. The summed E-state index contributed by atoms with van der Waals surface area (Å²) in [7, 11) is 0. The number of hydrogen-bond donors (Lipinski definition) is 2. The molecule has 2 amide bonds. The molecule has 34 heavy (non-hydrogen) atoms. The number of hydrogen-bond acceptors (Lipinski definition) is 4. The molecule has 1 unspecified atom stereocenters. The SMILES string of the molecule is O=C(Nc1ccc(OCc2ccncc2)cc1)C(=O)N1CCCC(c2cc3ccccc3[nH]2)C1. The number of fused-ring (bicyclic) bond motifs is 1. The molecular formula is C27H26N4O3. The Morgan fingerprint density at radius 3 is 2.65 bits per heavy atom. The second-order valence-corrected chi connectivity index (χ2v) is 8.52. The molecule has 5 rings (SSSR count). The lowest BCUT2D eigenvalue weighted by Crippen LogP contribution is -2.44. The van der Waals surface area contributed by atoms with Crippen LogP contribution in [0.4, 0.5) is 5.69 Å². The normalized spacial score (nSPS) is 15.8. The van der Waals surface area contributed by atoms with Gasteiger partial charge in [0.25, 0.3) is 0 Å². The van der Waals surface area contributed by atoms with Gasteiger partial charge in [0.1, 0.15) is 12.4 Å². The van der Waals surface area contributed by atoms with Gasteiger partial charge in [0, 0.05) is 48.3 Å². The van der Waals surface area contributed by atoms with Crippen molar-refractivity contribution in [2.75, 3.05) is 18.4 Å². The number of benzene rings is 2. The number of para-hydroxylation sites is 1. The van der Waals surface area contributed by atoms with Crippen LogP contribution < -0.4 is 10.1 Å². The number of pyridine rings is 1. The van der Waals surface area contributed by atoms with Crippen molar-refractivity contribution < 1.29 is 14.3 Å². The minimum Gasteiger partial charge on any atom is -0.489 e. The van der Waals surface area contributed by atoms with Crippen molar-refractivity contribution in [2.45, 2.75) is 25.4 Å². The van der Waals surface area contributed by atoms with Crippen LogP contribution in [0.2, 0.25) is 0 Å². The fraction of sp³-hybridized carbons (Fsp3) is 0.222. The predicted molar refractivity (Wildman–Crippen MR) is 130 cm³/mol. The Labute approximate surface area is 197 Å². The molecule has 2 N–H and O–H groups in total. The van der Waals surface area contributed by atoms with Gasteiger partial charge < -0.3 is 19.9 Å². The van der Waals surface area contributed by atoms with Gasteiger partial charge in [-0.2, -0.15) is 0 Å². The first-order valence-corrected chi connectivity index (χ1v) is 11.5. The molecule has 7 heteroatoms. The number of carbonyl (C=O) groups excluding carboxylic acids is 2. The third-order valence-electron chi connectivity index (χ3n) is 6.16. The molecule has 172 valence electrons. The van der Waals surface area contributed by atoms with Gasteiger partial charge in [-0.05, 0) is 72.3 Å². The Bertz CT molecular complexity index is 1250. The second-order valence-electron chi connectivity index (χ2n) is 8.52. The number of likely N-dealkylation sites (tertiary alicyclic amines) is 1. The molecule has 0 spiro atoms. The Balaban J connectivity index is 1.17. The van der Waals surface area contributed by atoms with Crippen molar-refractivity contribution in [3.8, 4) is 5.75 Å². The fourth-order valence-electron chi connectivity index (χ4n) is 4.34. The van der Waals surface area contributed by atoms with E-state index in [2.05, 4.69) is 27.4 Å². The summed E-state index contributed by atoms with van der Waals surface area (Å²) in [4.78, 5) is 34.6. The maximum atomic E-state index is 12.9. The van der Waals surface area contributed by atoms with E-state index >= 15 is 0 Å². The lowest BCUT2D eigenvalue weighted by Gasteiger charge is -2.31. The van der Waals surface area contributed by atoms with E-state index in [1.54, 1.807) is 41.6 Å². The molecule has 1 fully saturated rings. The van der Waals surface area contributed by atoms with Crippen LogP contribution in [0.5, 0.6) is 5.75 Å². The minimum absolute atomic E-state index is 0.190. The van der Waals surface area contributed by atoms with Gasteiger partial charge in [-0.1, -0.05) is 18.2 Å². The topological polar surface area (TPSA) is 87.3 Å². The highest BCUT2D eigenvalue weighted by Crippen LogP contribution is 2.29. The largest absolute Gasteiger partial charge is 0.489 e. The van der Waals surface area contributed by atoms with Crippen molar-refractivity contribution in [1.82, 2.24) is 14.9 Å². The average Bonchev–Trinajstić information content (AvgIpc) is 3.33. The standard InChI is InChI=1S/C27H26N4O3/c32-26(29-22-7-9-23(10-8-22)34-18-19-11-13-28-14-12-19)27(33)31-15-3-5-21(17-31)25-16-20-4-1-2-6-24(20)30-25/h1-2,4,6-14,16,21,30H,3,5,15,17-18H2,(H,29,32). The van der Waals surface area contributed by atoms with Crippen LogP contribution in [-0.2, 0) is 16.2 Å². The third-order valence-corrected chi connectivity index (χ3v) is 6.16. The highest BCUT2D eigenvalue weighted by atomic mass is 16.5. The number of nitrogens with one attached hydrogen (secondary N) is 2. The summed E-state index contributed by atoms with van der Waals surface area (Å²) in [6, 6.07) is 21.1. The molecule has 1 saturated heterocycles. The minimum atomic E-state index is -0.622. The first-order valence-electron chi connectivity index (χ1n) is 11.5. The van der Waals surface area contributed by atoms with Crippen molar-refractivity contribution >= 4 is 28.4 Å². The van der Waals surface area contributed by atoms with E-state index < -0.39 is 11.8 Å². The second kappa shape index (κ2) is 9.79. The Morgan fingerprint density at radius 1 is 1.06 bits per heavy atom. The molecule has 0 bridgehead atoms. The molecule has 0 radical (unpaired) electrons. The summed E-state index contributed by atoms with van der Waals surface area (Å²) in [5, 5.41) is 3.87. The summed E-state index contributed by atoms with van der Waals surface area (Å²) >= 11 is 0. The van der Waals surface area contributed by atoms with Gasteiger partial charge in [0.2, 0.25) is 0 Å². The van der Waals surface area contributed by atoms with Crippen molar-refractivity contribution in [2.24, 2.45) is 0 Å². The highest BCUT2D eigenvalue weighted by Gasteiger charge is 2.29. The summed E-state index contributed by atoms with van der Waals surface area (Å²) < 4.78 is 5.75. The molecule has 1 atom stereocenters. The molecule has 2 aromatic carbocycles. The lowest BCUT2D eigenvalue weighted by molar-refractivity contribution is -0.144. The van der Waals surface area contributed by atoms with E-state index in [1.165, 1.54) is 0 Å². The van der Waals surface area contributed by atoms with Crippen LogP contribution >= 0.6 is 0 Å². The van der Waals surface area contributed by atoms with Crippen molar-refractivity contribution in [1.29, 1.82) is 0 Å². The molecule has 7 nitrogen and oxygen atoms in total. The quantitative estimate of drug-likeness (QED) is 0.435. The highest BCUT2D eigenvalue weighted by molar-refractivity contribution is 6.39. The maximum absolute atomic E-state index is 12.9. The number of amides is 2. The predicted octanol–water partition coefficient (Wildman–Crippen LogP) is 4.49. The molecule has 3 heterocycles.